The summed E-state index contributed by atoms with van der Waals surface area (Å²) in [5.74, 6) is 1.63. The number of Topliss-reactive ketones (excluding diaryl/α,β-unsaturated/α-hetero) is 1. The Morgan fingerprint density at radius 3 is 2.47 bits per heavy atom. The number of rotatable bonds is 5. The molecule has 102 valence electrons. The van der Waals surface area contributed by atoms with Crippen molar-refractivity contribution in [2.45, 2.75) is 26.5 Å². The van der Waals surface area contributed by atoms with Gasteiger partial charge in [0.1, 0.15) is 0 Å². The van der Waals surface area contributed by atoms with Gasteiger partial charge in [-0.05, 0) is 36.8 Å². The number of nitrogens with zero attached hydrogens (tertiary/aromatic N) is 1. The number of thioether (sulfide) groups is 1. The Labute approximate surface area is 123 Å². The molecule has 0 bridgehead atoms. The van der Waals surface area contributed by atoms with Crippen LogP contribution in [0.15, 0.2) is 36.7 Å². The lowest BCUT2D eigenvalue weighted by molar-refractivity contribution is 0.102. The number of carbonyl (C=O) groups excluding carboxylic acids is 1. The minimum atomic E-state index is 0.224. The second kappa shape index (κ2) is 8.88. The Morgan fingerprint density at radius 1 is 1.21 bits per heavy atom. The van der Waals surface area contributed by atoms with Gasteiger partial charge >= 0.3 is 0 Å². The topological polar surface area (TPSA) is 30.0 Å². The Hall–Kier alpha value is -1.13. The molecule has 0 aliphatic carbocycles. The molecule has 0 aromatic carbocycles. The first-order valence-electron chi connectivity index (χ1n) is 6.32. The average Bonchev–Trinajstić information content (AvgIpc) is 2.89. The third-order valence-corrected chi connectivity index (χ3v) is 4.31. The molecular weight excluding hydrogens is 274 g/mol. The Morgan fingerprint density at radius 2 is 1.89 bits per heavy atom. The molecule has 0 aliphatic heterocycles. The standard InChI is InChI=1S/C13H13NOS2.C2H6/c1-10-2-3-13(17-10)12(15)9-16-8-11-4-6-14-7-5-11;1-2/h2-7H,8-9H2,1H3;1-2H3. The smallest absolute Gasteiger partial charge is 0.182 e. The zero-order chi connectivity index (χ0) is 14.1. The minimum absolute atomic E-state index is 0.224. The average molecular weight is 293 g/mol. The van der Waals surface area contributed by atoms with E-state index in [4.69, 9.17) is 0 Å². The highest BCUT2D eigenvalue weighted by Gasteiger charge is 2.07. The van der Waals surface area contributed by atoms with Crippen LogP contribution in [0.25, 0.3) is 0 Å². The van der Waals surface area contributed by atoms with Crippen LogP contribution in [0.5, 0.6) is 0 Å². The van der Waals surface area contributed by atoms with Crippen molar-refractivity contribution in [2.75, 3.05) is 5.75 Å². The highest BCUT2D eigenvalue weighted by Crippen LogP contribution is 2.19. The monoisotopic (exact) mass is 293 g/mol. The molecule has 0 aliphatic rings. The molecule has 4 heteroatoms. The van der Waals surface area contributed by atoms with Gasteiger partial charge in [-0.15, -0.1) is 23.1 Å². The van der Waals surface area contributed by atoms with Gasteiger partial charge in [0.2, 0.25) is 0 Å². The van der Waals surface area contributed by atoms with Crippen molar-refractivity contribution < 1.29 is 4.79 Å². The third-order valence-electron chi connectivity index (χ3n) is 2.27. The van der Waals surface area contributed by atoms with Crippen molar-refractivity contribution in [3.05, 3.63) is 52.0 Å². The Kier molecular flexibility index (Phi) is 7.45. The predicted molar refractivity (Wildman–Crippen MR) is 85.1 cm³/mol. The predicted octanol–water partition coefficient (Wildman–Crippen LogP) is 4.59. The first kappa shape index (κ1) is 15.9. The summed E-state index contributed by atoms with van der Waals surface area (Å²) in [4.78, 5) is 17.8. The number of pyridine rings is 1. The number of hydrogen-bond acceptors (Lipinski definition) is 4. The fraction of sp³-hybridized carbons (Fsp3) is 0.333. The molecule has 0 atom stereocenters. The Balaban J connectivity index is 0.000000861. The first-order chi connectivity index (χ1) is 9.25. The van der Waals surface area contributed by atoms with E-state index in [-0.39, 0.29) is 5.78 Å². The quantitative estimate of drug-likeness (QED) is 0.755. The van der Waals surface area contributed by atoms with Gasteiger partial charge in [0.15, 0.2) is 5.78 Å². The molecule has 2 aromatic heterocycles. The lowest BCUT2D eigenvalue weighted by Gasteiger charge is -1.99. The summed E-state index contributed by atoms with van der Waals surface area (Å²) in [6.07, 6.45) is 3.56. The van der Waals surface area contributed by atoms with Crippen LogP contribution in [0.3, 0.4) is 0 Å². The minimum Gasteiger partial charge on any atom is -0.292 e. The van der Waals surface area contributed by atoms with E-state index in [1.807, 2.05) is 45.0 Å². The fourth-order valence-corrected chi connectivity index (χ4v) is 3.16. The summed E-state index contributed by atoms with van der Waals surface area (Å²) in [6.45, 7) is 6.02. The maximum Gasteiger partial charge on any atom is 0.182 e. The van der Waals surface area contributed by atoms with Crippen molar-refractivity contribution >= 4 is 28.9 Å². The van der Waals surface area contributed by atoms with E-state index in [0.29, 0.717) is 5.75 Å². The Bertz CT molecular complexity index is 494. The van der Waals surface area contributed by atoms with Gasteiger partial charge < -0.3 is 0 Å². The second-order valence-corrected chi connectivity index (χ2v) is 5.96. The number of aromatic nitrogens is 1. The zero-order valence-corrected chi connectivity index (χ0v) is 13.2. The van der Waals surface area contributed by atoms with Gasteiger partial charge in [0, 0.05) is 23.0 Å². The number of carbonyl (C=O) groups is 1. The molecule has 19 heavy (non-hydrogen) atoms. The summed E-state index contributed by atoms with van der Waals surface area (Å²) in [5, 5.41) is 0. The molecule has 0 spiro atoms. The molecule has 2 rings (SSSR count). The number of thiophene rings is 1. The number of aryl methyl sites for hydroxylation is 1. The van der Waals surface area contributed by atoms with Crippen LogP contribution in [0, 0.1) is 6.92 Å². The van der Waals surface area contributed by atoms with Crippen LogP contribution in [-0.2, 0) is 5.75 Å². The van der Waals surface area contributed by atoms with E-state index >= 15 is 0 Å². The lowest BCUT2D eigenvalue weighted by atomic mass is 10.3. The second-order valence-electron chi connectivity index (χ2n) is 3.68. The highest BCUT2D eigenvalue weighted by molar-refractivity contribution is 7.99. The van der Waals surface area contributed by atoms with E-state index in [0.717, 1.165) is 10.6 Å². The number of hydrogen-bond donors (Lipinski definition) is 0. The largest absolute Gasteiger partial charge is 0.292 e. The van der Waals surface area contributed by atoms with E-state index in [9.17, 15) is 4.79 Å². The maximum absolute atomic E-state index is 11.8. The molecule has 0 fully saturated rings. The molecule has 2 aromatic rings. The summed E-state index contributed by atoms with van der Waals surface area (Å²) in [7, 11) is 0. The lowest BCUT2D eigenvalue weighted by Crippen LogP contribution is -1.99. The fourth-order valence-electron chi connectivity index (χ4n) is 1.40. The first-order valence-corrected chi connectivity index (χ1v) is 8.29. The van der Waals surface area contributed by atoms with Crippen molar-refractivity contribution in [1.82, 2.24) is 4.98 Å². The van der Waals surface area contributed by atoms with E-state index in [2.05, 4.69) is 4.98 Å². The van der Waals surface area contributed by atoms with Gasteiger partial charge in [-0.3, -0.25) is 9.78 Å². The van der Waals surface area contributed by atoms with Crippen LogP contribution in [0.2, 0.25) is 0 Å². The molecule has 0 unspecified atom stereocenters. The highest BCUT2D eigenvalue weighted by atomic mass is 32.2. The third kappa shape index (κ3) is 5.57. The van der Waals surface area contributed by atoms with Crippen molar-refractivity contribution in [3.63, 3.8) is 0 Å². The number of ketones is 1. The molecule has 2 heterocycles. The van der Waals surface area contributed by atoms with Crippen LogP contribution in [0.4, 0.5) is 0 Å². The van der Waals surface area contributed by atoms with Crippen LogP contribution < -0.4 is 0 Å². The van der Waals surface area contributed by atoms with E-state index in [1.54, 1.807) is 35.5 Å². The SMILES string of the molecule is CC.Cc1ccc(C(=O)CSCc2ccncc2)s1. The van der Waals surface area contributed by atoms with Gasteiger partial charge in [0.25, 0.3) is 0 Å². The molecule has 2 nitrogen and oxygen atoms in total. The van der Waals surface area contributed by atoms with Crippen LogP contribution in [-0.4, -0.2) is 16.5 Å². The van der Waals surface area contributed by atoms with Gasteiger partial charge in [-0.2, -0.15) is 0 Å². The van der Waals surface area contributed by atoms with Crippen LogP contribution in [0.1, 0.15) is 34.0 Å². The summed E-state index contributed by atoms with van der Waals surface area (Å²) in [6, 6.07) is 7.86. The van der Waals surface area contributed by atoms with Crippen molar-refractivity contribution in [3.8, 4) is 0 Å². The summed E-state index contributed by atoms with van der Waals surface area (Å²) < 4.78 is 0. The maximum atomic E-state index is 11.8. The molecular formula is C15H19NOS2. The normalized spacial score (nSPS) is 9.63. The van der Waals surface area contributed by atoms with Gasteiger partial charge in [-0.1, -0.05) is 13.8 Å². The van der Waals surface area contributed by atoms with Crippen molar-refractivity contribution in [1.29, 1.82) is 0 Å². The van der Waals surface area contributed by atoms with Crippen molar-refractivity contribution in [2.24, 2.45) is 0 Å². The molecule has 0 saturated heterocycles. The zero-order valence-electron chi connectivity index (χ0n) is 11.6. The van der Waals surface area contributed by atoms with Gasteiger partial charge in [-0.25, -0.2) is 0 Å². The summed E-state index contributed by atoms with van der Waals surface area (Å²) in [5.41, 5.74) is 1.21. The van der Waals surface area contributed by atoms with Gasteiger partial charge in [0.05, 0.1) is 10.6 Å². The molecule has 0 saturated carbocycles. The van der Waals surface area contributed by atoms with Crippen LogP contribution >= 0.6 is 23.1 Å². The summed E-state index contributed by atoms with van der Waals surface area (Å²) >= 11 is 3.22. The molecule has 0 radical (unpaired) electrons. The van der Waals surface area contributed by atoms with E-state index in [1.165, 1.54) is 10.4 Å². The molecule has 0 N–H and O–H groups in total. The van der Waals surface area contributed by atoms with E-state index < -0.39 is 0 Å². The molecule has 0 amide bonds.